The summed E-state index contributed by atoms with van der Waals surface area (Å²) in [5, 5.41) is 5.13. The molecule has 0 aromatic heterocycles. The van der Waals surface area contributed by atoms with Gasteiger partial charge in [0, 0.05) is 0 Å². The molecule has 0 unspecified atom stereocenters. The number of sulfonamides is 1. The fraction of sp³-hybridized carbons (Fsp3) is 0.200. The summed E-state index contributed by atoms with van der Waals surface area (Å²) >= 11 is 0. The minimum atomic E-state index is -3.88. The van der Waals surface area contributed by atoms with E-state index in [0.29, 0.717) is 5.75 Å². The Bertz CT molecular complexity index is 799. The third-order valence-corrected chi connectivity index (χ3v) is 4.29. The number of nitrogen functional groups attached to an aromatic ring is 1. The second-order valence-electron chi connectivity index (χ2n) is 5.02. The minimum absolute atomic E-state index is 0.0126. The molecule has 0 aliphatic heterocycles. The Morgan fingerprint density at radius 3 is 2.33 bits per heavy atom. The van der Waals surface area contributed by atoms with Crippen LogP contribution < -0.4 is 15.6 Å². The molecular formula is C15H18N2O3S. The third-order valence-electron chi connectivity index (χ3n) is 3.32. The number of aryl methyl sites for hydroxylation is 2. The normalized spacial score (nSPS) is 11.4. The Kier molecular flexibility index (Phi) is 3.93. The lowest BCUT2D eigenvalue weighted by Gasteiger charge is -2.14. The highest BCUT2D eigenvalue weighted by molar-refractivity contribution is 7.89. The summed E-state index contributed by atoms with van der Waals surface area (Å²) in [6.07, 6.45) is 0. The molecule has 0 saturated heterocycles. The van der Waals surface area contributed by atoms with Gasteiger partial charge in [0.1, 0.15) is 10.6 Å². The SMILES string of the molecule is Cc1cc(C)c(C)c(Oc2cccc(S(N)(=O)=O)c2N)c1. The smallest absolute Gasteiger partial charge is 0.240 e. The molecule has 4 N–H and O–H groups in total. The van der Waals surface area contributed by atoms with Crippen LogP contribution in [0, 0.1) is 20.8 Å². The monoisotopic (exact) mass is 306 g/mol. The number of ether oxygens (including phenoxy) is 1. The number of primary sulfonamides is 1. The van der Waals surface area contributed by atoms with Crippen LogP contribution in [0.5, 0.6) is 11.5 Å². The molecule has 0 fully saturated rings. The van der Waals surface area contributed by atoms with E-state index in [9.17, 15) is 8.42 Å². The molecule has 0 amide bonds. The lowest BCUT2D eigenvalue weighted by atomic mass is 10.1. The van der Waals surface area contributed by atoms with E-state index in [-0.39, 0.29) is 16.3 Å². The molecule has 2 rings (SSSR count). The van der Waals surface area contributed by atoms with Crippen molar-refractivity contribution in [3.8, 4) is 11.5 Å². The highest BCUT2D eigenvalue weighted by Gasteiger charge is 2.16. The van der Waals surface area contributed by atoms with Gasteiger partial charge in [-0.1, -0.05) is 12.1 Å². The largest absolute Gasteiger partial charge is 0.455 e. The van der Waals surface area contributed by atoms with Crippen molar-refractivity contribution in [2.45, 2.75) is 25.7 Å². The van der Waals surface area contributed by atoms with Crippen LogP contribution in [-0.4, -0.2) is 8.42 Å². The number of anilines is 1. The van der Waals surface area contributed by atoms with Crippen LogP contribution in [0.4, 0.5) is 5.69 Å². The van der Waals surface area contributed by atoms with Crippen LogP contribution in [0.1, 0.15) is 16.7 Å². The summed E-state index contributed by atoms with van der Waals surface area (Å²) in [4.78, 5) is -0.137. The van der Waals surface area contributed by atoms with Crippen molar-refractivity contribution in [2.24, 2.45) is 5.14 Å². The Hall–Kier alpha value is -2.05. The van der Waals surface area contributed by atoms with Crippen LogP contribution in [-0.2, 0) is 10.0 Å². The Morgan fingerprint density at radius 1 is 1.05 bits per heavy atom. The standard InChI is InChI=1S/C15H18N2O3S/c1-9-7-10(2)11(3)13(8-9)20-12-5-4-6-14(15(12)16)21(17,18)19/h4-8H,16H2,1-3H3,(H2,17,18,19). The topological polar surface area (TPSA) is 95.4 Å². The van der Waals surface area contributed by atoms with Crippen LogP contribution in [0.15, 0.2) is 35.2 Å². The van der Waals surface area contributed by atoms with Gasteiger partial charge in [-0.2, -0.15) is 0 Å². The molecule has 0 aliphatic rings. The van der Waals surface area contributed by atoms with Gasteiger partial charge in [0.15, 0.2) is 5.75 Å². The maximum Gasteiger partial charge on any atom is 0.240 e. The fourth-order valence-corrected chi connectivity index (χ4v) is 2.76. The van der Waals surface area contributed by atoms with E-state index in [1.165, 1.54) is 6.07 Å². The van der Waals surface area contributed by atoms with Crippen molar-refractivity contribution in [1.29, 1.82) is 0 Å². The van der Waals surface area contributed by atoms with Crippen molar-refractivity contribution in [2.75, 3.05) is 5.73 Å². The first-order valence-electron chi connectivity index (χ1n) is 6.37. The van der Waals surface area contributed by atoms with Crippen LogP contribution in [0.2, 0.25) is 0 Å². The van der Waals surface area contributed by atoms with Crippen molar-refractivity contribution < 1.29 is 13.2 Å². The lowest BCUT2D eigenvalue weighted by Crippen LogP contribution is -2.14. The summed E-state index contributed by atoms with van der Waals surface area (Å²) in [7, 11) is -3.88. The van der Waals surface area contributed by atoms with Crippen molar-refractivity contribution in [1.82, 2.24) is 0 Å². The van der Waals surface area contributed by atoms with E-state index in [2.05, 4.69) is 0 Å². The zero-order chi connectivity index (χ0) is 15.8. The Balaban J connectivity index is 2.51. The predicted molar refractivity (Wildman–Crippen MR) is 83.0 cm³/mol. The number of hydrogen-bond donors (Lipinski definition) is 2. The summed E-state index contributed by atoms with van der Waals surface area (Å²) in [5.41, 5.74) is 8.98. The molecule has 0 aliphatic carbocycles. The summed E-state index contributed by atoms with van der Waals surface area (Å²) in [6.45, 7) is 5.88. The number of nitrogens with two attached hydrogens (primary N) is 2. The van der Waals surface area contributed by atoms with Gasteiger partial charge < -0.3 is 10.5 Å². The molecule has 0 radical (unpaired) electrons. The number of hydrogen-bond acceptors (Lipinski definition) is 4. The average molecular weight is 306 g/mol. The quantitative estimate of drug-likeness (QED) is 0.852. The van der Waals surface area contributed by atoms with Crippen molar-refractivity contribution in [3.05, 3.63) is 47.0 Å². The van der Waals surface area contributed by atoms with Gasteiger partial charge in [0.05, 0.1) is 5.69 Å². The number of rotatable bonds is 3. The van der Waals surface area contributed by atoms with E-state index >= 15 is 0 Å². The van der Waals surface area contributed by atoms with Gasteiger partial charge in [0.25, 0.3) is 0 Å². The highest BCUT2D eigenvalue weighted by atomic mass is 32.2. The fourth-order valence-electron chi connectivity index (χ4n) is 2.09. The molecule has 21 heavy (non-hydrogen) atoms. The van der Waals surface area contributed by atoms with Gasteiger partial charge in [-0.25, -0.2) is 13.6 Å². The molecule has 0 saturated carbocycles. The molecule has 2 aromatic rings. The third kappa shape index (κ3) is 3.17. The molecular weight excluding hydrogens is 288 g/mol. The first kappa shape index (κ1) is 15.3. The van der Waals surface area contributed by atoms with Gasteiger partial charge in [0.2, 0.25) is 10.0 Å². The Labute approximate surface area is 124 Å². The van der Waals surface area contributed by atoms with E-state index in [1.54, 1.807) is 12.1 Å². The number of benzene rings is 2. The molecule has 112 valence electrons. The van der Waals surface area contributed by atoms with E-state index in [0.717, 1.165) is 16.7 Å². The second-order valence-corrected chi connectivity index (χ2v) is 6.55. The predicted octanol–water partition coefficient (Wildman–Crippen LogP) is 2.63. The molecule has 0 atom stereocenters. The van der Waals surface area contributed by atoms with E-state index in [4.69, 9.17) is 15.6 Å². The molecule has 0 heterocycles. The highest BCUT2D eigenvalue weighted by Crippen LogP contribution is 2.34. The van der Waals surface area contributed by atoms with E-state index < -0.39 is 10.0 Å². The van der Waals surface area contributed by atoms with Crippen LogP contribution in [0.3, 0.4) is 0 Å². The first-order chi connectivity index (χ1) is 9.70. The van der Waals surface area contributed by atoms with Gasteiger partial charge >= 0.3 is 0 Å². The summed E-state index contributed by atoms with van der Waals surface area (Å²) in [6, 6.07) is 8.44. The summed E-state index contributed by atoms with van der Waals surface area (Å²) < 4.78 is 28.7. The van der Waals surface area contributed by atoms with Crippen molar-refractivity contribution >= 4 is 15.7 Å². The minimum Gasteiger partial charge on any atom is -0.455 e. The summed E-state index contributed by atoms with van der Waals surface area (Å²) in [5.74, 6) is 0.917. The molecule has 2 aromatic carbocycles. The second kappa shape index (κ2) is 5.38. The lowest BCUT2D eigenvalue weighted by molar-refractivity contribution is 0.478. The maximum atomic E-state index is 11.5. The zero-order valence-corrected chi connectivity index (χ0v) is 13.0. The Morgan fingerprint density at radius 2 is 1.71 bits per heavy atom. The van der Waals surface area contributed by atoms with Crippen molar-refractivity contribution in [3.63, 3.8) is 0 Å². The van der Waals surface area contributed by atoms with E-state index in [1.807, 2.05) is 32.9 Å². The number of para-hydroxylation sites is 1. The molecule has 5 nitrogen and oxygen atoms in total. The molecule has 6 heteroatoms. The molecule has 0 spiro atoms. The first-order valence-corrected chi connectivity index (χ1v) is 7.92. The zero-order valence-electron chi connectivity index (χ0n) is 12.2. The van der Waals surface area contributed by atoms with Gasteiger partial charge in [-0.05, 0) is 55.7 Å². The van der Waals surface area contributed by atoms with Gasteiger partial charge in [-0.3, -0.25) is 0 Å². The maximum absolute atomic E-state index is 11.5. The van der Waals surface area contributed by atoms with Crippen LogP contribution in [0.25, 0.3) is 0 Å². The molecule has 0 bridgehead atoms. The van der Waals surface area contributed by atoms with Gasteiger partial charge in [-0.15, -0.1) is 0 Å². The average Bonchev–Trinajstić information content (AvgIpc) is 2.36. The van der Waals surface area contributed by atoms with Crippen LogP contribution >= 0.6 is 0 Å².